The van der Waals surface area contributed by atoms with Crippen LogP contribution in [0.3, 0.4) is 0 Å². The molecule has 1 fully saturated rings. The molecule has 2 aromatic heterocycles. The summed E-state index contributed by atoms with van der Waals surface area (Å²) in [5.74, 6) is 0.604. The van der Waals surface area contributed by atoms with Crippen LogP contribution in [0.5, 0.6) is 0 Å². The molecule has 1 aromatic carbocycles. The van der Waals surface area contributed by atoms with Crippen molar-refractivity contribution < 1.29 is 4.79 Å². The molecule has 4 rings (SSSR count). The average molecular weight is 319 g/mol. The molecule has 2 N–H and O–H groups in total. The van der Waals surface area contributed by atoms with E-state index in [9.17, 15) is 4.79 Å². The van der Waals surface area contributed by atoms with E-state index in [4.69, 9.17) is 0 Å². The Kier molecular flexibility index (Phi) is 3.70. The zero-order valence-corrected chi connectivity index (χ0v) is 13.0. The Morgan fingerprint density at radius 3 is 2.67 bits per heavy atom. The van der Waals surface area contributed by atoms with Crippen molar-refractivity contribution in [3.8, 4) is 5.69 Å². The summed E-state index contributed by atoms with van der Waals surface area (Å²) in [6, 6.07) is 11.8. The standard InChI is InChI=1S/C18H17N5O/c24-18(22-15-1-2-15)13-7-8-20-17(11-13)21-14-3-5-16(6-4-14)23-10-9-19-12-23/h3-12,15H,1-2H2,(H,20,21)(H,22,24). The molecule has 0 saturated heterocycles. The van der Waals surface area contributed by atoms with Crippen LogP contribution in [-0.4, -0.2) is 26.5 Å². The summed E-state index contributed by atoms with van der Waals surface area (Å²) in [5, 5.41) is 6.21. The predicted molar refractivity (Wildman–Crippen MR) is 91.6 cm³/mol. The van der Waals surface area contributed by atoms with E-state index in [1.165, 1.54) is 0 Å². The molecule has 0 aliphatic heterocycles. The Morgan fingerprint density at radius 2 is 1.96 bits per heavy atom. The molecule has 0 unspecified atom stereocenters. The number of hydrogen-bond donors (Lipinski definition) is 2. The molecule has 0 spiro atoms. The third kappa shape index (κ3) is 3.27. The van der Waals surface area contributed by atoms with Gasteiger partial charge in [0, 0.05) is 41.6 Å². The molecule has 0 atom stereocenters. The number of nitrogens with one attached hydrogen (secondary N) is 2. The first-order valence-electron chi connectivity index (χ1n) is 7.90. The fraction of sp³-hybridized carbons (Fsp3) is 0.167. The number of amides is 1. The third-order valence-corrected chi connectivity index (χ3v) is 3.88. The molecule has 0 bridgehead atoms. The molecule has 3 aromatic rings. The van der Waals surface area contributed by atoms with Crippen molar-refractivity contribution in [3.63, 3.8) is 0 Å². The molecule has 0 radical (unpaired) electrons. The van der Waals surface area contributed by atoms with Gasteiger partial charge in [0.2, 0.25) is 0 Å². The van der Waals surface area contributed by atoms with Gasteiger partial charge in [0.1, 0.15) is 5.82 Å². The largest absolute Gasteiger partial charge is 0.349 e. The number of benzene rings is 1. The maximum atomic E-state index is 12.1. The zero-order valence-electron chi connectivity index (χ0n) is 13.0. The van der Waals surface area contributed by atoms with Crippen molar-refractivity contribution in [2.75, 3.05) is 5.32 Å². The van der Waals surface area contributed by atoms with Crippen molar-refractivity contribution in [2.24, 2.45) is 0 Å². The maximum Gasteiger partial charge on any atom is 0.251 e. The fourth-order valence-electron chi connectivity index (χ4n) is 2.41. The average Bonchev–Trinajstić information content (AvgIpc) is 3.25. The number of hydrogen-bond acceptors (Lipinski definition) is 4. The van der Waals surface area contributed by atoms with Crippen molar-refractivity contribution >= 4 is 17.4 Å². The first-order chi connectivity index (χ1) is 11.8. The van der Waals surface area contributed by atoms with E-state index in [1.54, 1.807) is 30.9 Å². The minimum absolute atomic E-state index is 0.0431. The monoisotopic (exact) mass is 319 g/mol. The number of nitrogens with zero attached hydrogens (tertiary/aromatic N) is 3. The SMILES string of the molecule is O=C(NC1CC1)c1ccnc(Nc2ccc(-n3ccnc3)cc2)c1. The lowest BCUT2D eigenvalue weighted by Gasteiger charge is -2.09. The van der Waals surface area contributed by atoms with Gasteiger partial charge in [0.15, 0.2) is 0 Å². The smallest absolute Gasteiger partial charge is 0.251 e. The number of pyridine rings is 1. The first kappa shape index (κ1) is 14.4. The van der Waals surface area contributed by atoms with E-state index in [2.05, 4.69) is 20.6 Å². The van der Waals surface area contributed by atoms with Crippen molar-refractivity contribution in [2.45, 2.75) is 18.9 Å². The Bertz CT molecular complexity index is 838. The number of aromatic nitrogens is 3. The van der Waals surface area contributed by atoms with Crippen molar-refractivity contribution in [1.29, 1.82) is 0 Å². The molecule has 1 aliphatic rings. The number of rotatable bonds is 5. The minimum atomic E-state index is -0.0431. The van der Waals surface area contributed by atoms with Crippen LogP contribution in [0, 0.1) is 0 Å². The first-order valence-corrected chi connectivity index (χ1v) is 7.90. The summed E-state index contributed by atoms with van der Waals surface area (Å²) in [7, 11) is 0. The quantitative estimate of drug-likeness (QED) is 0.758. The van der Waals surface area contributed by atoms with Gasteiger partial charge in [-0.15, -0.1) is 0 Å². The van der Waals surface area contributed by atoms with E-state index >= 15 is 0 Å². The molecule has 24 heavy (non-hydrogen) atoms. The van der Waals surface area contributed by atoms with Crippen LogP contribution in [0.1, 0.15) is 23.2 Å². The van der Waals surface area contributed by atoms with E-state index < -0.39 is 0 Å². The summed E-state index contributed by atoms with van der Waals surface area (Å²) >= 11 is 0. The second-order valence-corrected chi connectivity index (χ2v) is 5.82. The van der Waals surface area contributed by atoms with Crippen LogP contribution >= 0.6 is 0 Å². The predicted octanol–water partition coefficient (Wildman–Crippen LogP) is 2.90. The van der Waals surface area contributed by atoms with Gasteiger partial charge in [-0.25, -0.2) is 9.97 Å². The molecule has 1 saturated carbocycles. The van der Waals surface area contributed by atoms with Gasteiger partial charge in [0.05, 0.1) is 6.33 Å². The number of anilines is 2. The Balaban J connectivity index is 1.47. The zero-order chi connectivity index (χ0) is 16.4. The highest BCUT2D eigenvalue weighted by Gasteiger charge is 2.23. The lowest BCUT2D eigenvalue weighted by molar-refractivity contribution is 0.0951. The van der Waals surface area contributed by atoms with Gasteiger partial charge in [0.25, 0.3) is 5.91 Å². The van der Waals surface area contributed by atoms with Crippen LogP contribution in [-0.2, 0) is 0 Å². The van der Waals surface area contributed by atoms with Crippen molar-refractivity contribution in [1.82, 2.24) is 19.9 Å². The van der Waals surface area contributed by atoms with Crippen LogP contribution < -0.4 is 10.6 Å². The highest BCUT2D eigenvalue weighted by Crippen LogP contribution is 2.21. The van der Waals surface area contributed by atoms with Crippen LogP contribution in [0.4, 0.5) is 11.5 Å². The van der Waals surface area contributed by atoms with Crippen molar-refractivity contribution in [3.05, 3.63) is 66.9 Å². The van der Waals surface area contributed by atoms with Crippen LogP contribution in [0.25, 0.3) is 5.69 Å². The van der Waals surface area contributed by atoms with Gasteiger partial charge >= 0.3 is 0 Å². The Morgan fingerprint density at radius 1 is 1.12 bits per heavy atom. The molecular formula is C18H17N5O. The van der Waals surface area contributed by atoms with E-state index in [1.807, 2.05) is 35.0 Å². The van der Waals surface area contributed by atoms with Gasteiger partial charge in [-0.05, 0) is 49.2 Å². The molecule has 6 nitrogen and oxygen atoms in total. The Labute approximate surface area is 139 Å². The lowest BCUT2D eigenvalue weighted by Crippen LogP contribution is -2.25. The van der Waals surface area contributed by atoms with Crippen LogP contribution in [0.2, 0.25) is 0 Å². The molecular weight excluding hydrogens is 302 g/mol. The van der Waals surface area contributed by atoms with Gasteiger partial charge < -0.3 is 15.2 Å². The molecule has 120 valence electrons. The Hall–Kier alpha value is -3.15. The third-order valence-electron chi connectivity index (χ3n) is 3.88. The molecule has 1 amide bonds. The second kappa shape index (κ2) is 6.16. The molecule has 1 aliphatic carbocycles. The number of imidazole rings is 1. The maximum absolute atomic E-state index is 12.1. The number of carbonyl (C=O) groups excluding carboxylic acids is 1. The molecule has 2 heterocycles. The molecule has 6 heteroatoms. The van der Waals surface area contributed by atoms with E-state index in [0.29, 0.717) is 17.4 Å². The van der Waals surface area contributed by atoms with Crippen LogP contribution in [0.15, 0.2) is 61.3 Å². The van der Waals surface area contributed by atoms with Gasteiger partial charge in [-0.3, -0.25) is 4.79 Å². The van der Waals surface area contributed by atoms with E-state index in [-0.39, 0.29) is 5.91 Å². The van der Waals surface area contributed by atoms with E-state index in [0.717, 1.165) is 24.2 Å². The highest BCUT2D eigenvalue weighted by atomic mass is 16.1. The fourth-order valence-corrected chi connectivity index (χ4v) is 2.41. The summed E-state index contributed by atoms with van der Waals surface area (Å²) in [4.78, 5) is 20.4. The summed E-state index contributed by atoms with van der Waals surface area (Å²) in [6.45, 7) is 0. The topological polar surface area (TPSA) is 71.8 Å². The minimum Gasteiger partial charge on any atom is -0.349 e. The normalized spacial score (nSPS) is 13.5. The summed E-state index contributed by atoms with van der Waals surface area (Å²) < 4.78 is 1.94. The van der Waals surface area contributed by atoms with Gasteiger partial charge in [-0.1, -0.05) is 0 Å². The summed E-state index contributed by atoms with van der Waals surface area (Å²) in [5.41, 5.74) is 2.56. The van der Waals surface area contributed by atoms with Gasteiger partial charge in [-0.2, -0.15) is 0 Å². The number of carbonyl (C=O) groups is 1. The lowest BCUT2D eigenvalue weighted by atomic mass is 10.2. The highest BCUT2D eigenvalue weighted by molar-refractivity contribution is 5.95. The summed E-state index contributed by atoms with van der Waals surface area (Å²) in [6.07, 6.45) is 9.19. The second-order valence-electron chi connectivity index (χ2n) is 5.82.